The van der Waals surface area contributed by atoms with Gasteiger partial charge in [0, 0.05) is 32.2 Å². The van der Waals surface area contributed by atoms with Crippen molar-refractivity contribution >= 4 is 33.0 Å². The maximum atomic E-state index is 12.1. The molecule has 19 heavy (non-hydrogen) atoms. The second kappa shape index (κ2) is 6.97. The third-order valence-corrected chi connectivity index (χ3v) is 5.50. The highest BCUT2D eigenvalue weighted by atomic mass is 79.9. The van der Waals surface area contributed by atoms with E-state index in [1.807, 2.05) is 12.1 Å². The summed E-state index contributed by atoms with van der Waals surface area (Å²) in [6, 6.07) is 4.51. The summed E-state index contributed by atoms with van der Waals surface area (Å²) in [4.78, 5) is 17.8. The molecule has 1 atom stereocenters. The first-order valence-electron chi connectivity index (χ1n) is 6.85. The van der Waals surface area contributed by atoms with E-state index < -0.39 is 0 Å². The van der Waals surface area contributed by atoms with Crippen molar-refractivity contribution in [1.82, 2.24) is 9.80 Å². The van der Waals surface area contributed by atoms with Crippen LogP contribution >= 0.6 is 27.3 Å². The Morgan fingerprint density at radius 1 is 1.37 bits per heavy atom. The normalized spacial score (nSPS) is 19.5. The number of nitrogens with zero attached hydrogens (tertiary/aromatic N) is 2. The molecule has 0 N–H and O–H groups in total. The molecule has 0 saturated carbocycles. The van der Waals surface area contributed by atoms with Gasteiger partial charge in [-0.2, -0.15) is 0 Å². The van der Waals surface area contributed by atoms with Crippen LogP contribution in [0.1, 0.15) is 29.9 Å². The van der Waals surface area contributed by atoms with Crippen molar-refractivity contribution in [2.45, 2.75) is 26.3 Å². The number of rotatable bonds is 5. The van der Waals surface area contributed by atoms with Crippen LogP contribution in [0.5, 0.6) is 0 Å². The van der Waals surface area contributed by atoms with E-state index in [2.05, 4.69) is 39.6 Å². The molecular formula is C14H21BrN2OS. The third kappa shape index (κ3) is 4.12. The molecular weight excluding hydrogens is 324 g/mol. The molecule has 0 bridgehead atoms. The van der Waals surface area contributed by atoms with E-state index >= 15 is 0 Å². The largest absolute Gasteiger partial charge is 0.298 e. The van der Waals surface area contributed by atoms with Crippen molar-refractivity contribution in [2.24, 2.45) is 0 Å². The zero-order valence-electron chi connectivity index (χ0n) is 11.6. The SMILES string of the molecule is CCC(C)N1CCN(CC(=O)c2ccc(Br)s2)CC1. The molecule has 1 aliphatic heterocycles. The summed E-state index contributed by atoms with van der Waals surface area (Å²) >= 11 is 4.93. The summed E-state index contributed by atoms with van der Waals surface area (Å²) in [6.07, 6.45) is 1.20. The first-order chi connectivity index (χ1) is 9.10. The van der Waals surface area contributed by atoms with Crippen LogP contribution in [0.25, 0.3) is 0 Å². The van der Waals surface area contributed by atoms with E-state index in [1.165, 1.54) is 17.8 Å². The number of carbonyl (C=O) groups is 1. The van der Waals surface area contributed by atoms with Gasteiger partial charge >= 0.3 is 0 Å². The predicted molar refractivity (Wildman–Crippen MR) is 84.1 cm³/mol. The minimum absolute atomic E-state index is 0.243. The molecule has 1 saturated heterocycles. The Kier molecular flexibility index (Phi) is 5.57. The van der Waals surface area contributed by atoms with Crippen molar-refractivity contribution in [3.8, 4) is 0 Å². The minimum Gasteiger partial charge on any atom is -0.298 e. The lowest BCUT2D eigenvalue weighted by Crippen LogP contribution is -2.50. The Hall–Kier alpha value is -0.230. The Morgan fingerprint density at radius 2 is 2.05 bits per heavy atom. The molecule has 106 valence electrons. The molecule has 0 aliphatic carbocycles. The van der Waals surface area contributed by atoms with Crippen LogP contribution in [0.15, 0.2) is 15.9 Å². The van der Waals surface area contributed by atoms with Crippen LogP contribution in [0, 0.1) is 0 Å². The number of Topliss-reactive ketones (excluding diaryl/α,β-unsaturated/α-hetero) is 1. The zero-order valence-corrected chi connectivity index (χ0v) is 14.0. The molecule has 1 aromatic rings. The summed E-state index contributed by atoms with van der Waals surface area (Å²) < 4.78 is 1.03. The van der Waals surface area contributed by atoms with Crippen LogP contribution in [0.2, 0.25) is 0 Å². The number of hydrogen-bond acceptors (Lipinski definition) is 4. The molecule has 0 spiro atoms. The number of thiophene rings is 1. The summed E-state index contributed by atoms with van der Waals surface area (Å²) in [5, 5.41) is 0. The fourth-order valence-electron chi connectivity index (χ4n) is 2.37. The van der Waals surface area contributed by atoms with Crippen LogP contribution in [0.3, 0.4) is 0 Å². The van der Waals surface area contributed by atoms with Crippen molar-refractivity contribution in [2.75, 3.05) is 32.7 Å². The number of piperazine rings is 1. The Labute approximate surface area is 127 Å². The van der Waals surface area contributed by atoms with Crippen LogP contribution in [0.4, 0.5) is 0 Å². The summed E-state index contributed by atoms with van der Waals surface area (Å²) in [6.45, 7) is 9.23. The number of ketones is 1. The Bertz CT molecular complexity index is 427. The van der Waals surface area contributed by atoms with Gasteiger partial charge in [0.1, 0.15) is 0 Å². The van der Waals surface area contributed by atoms with E-state index in [1.54, 1.807) is 0 Å². The van der Waals surface area contributed by atoms with Crippen LogP contribution < -0.4 is 0 Å². The fourth-order valence-corrected chi connectivity index (χ4v) is 3.68. The highest BCUT2D eigenvalue weighted by Gasteiger charge is 2.22. The first kappa shape index (κ1) is 15.2. The Balaban J connectivity index is 1.81. The van der Waals surface area contributed by atoms with Gasteiger partial charge in [-0.15, -0.1) is 11.3 Å². The van der Waals surface area contributed by atoms with Gasteiger partial charge in [0.05, 0.1) is 15.2 Å². The average Bonchev–Trinajstić information content (AvgIpc) is 2.85. The van der Waals surface area contributed by atoms with Gasteiger partial charge in [-0.05, 0) is 41.4 Å². The summed E-state index contributed by atoms with van der Waals surface area (Å²) in [5.41, 5.74) is 0. The monoisotopic (exact) mass is 344 g/mol. The van der Waals surface area contributed by atoms with Gasteiger partial charge in [-0.1, -0.05) is 6.92 Å². The van der Waals surface area contributed by atoms with Gasteiger partial charge in [0.25, 0.3) is 0 Å². The quantitative estimate of drug-likeness (QED) is 0.766. The maximum Gasteiger partial charge on any atom is 0.186 e. The topological polar surface area (TPSA) is 23.6 Å². The lowest BCUT2D eigenvalue weighted by atomic mass is 10.2. The van der Waals surface area contributed by atoms with E-state index in [4.69, 9.17) is 0 Å². The van der Waals surface area contributed by atoms with E-state index in [0.717, 1.165) is 34.8 Å². The van der Waals surface area contributed by atoms with Crippen molar-refractivity contribution < 1.29 is 4.79 Å². The van der Waals surface area contributed by atoms with Crippen LogP contribution in [-0.2, 0) is 0 Å². The smallest absolute Gasteiger partial charge is 0.186 e. The van der Waals surface area contributed by atoms with E-state index in [-0.39, 0.29) is 5.78 Å². The summed E-state index contributed by atoms with van der Waals surface area (Å²) in [5.74, 6) is 0.243. The average molecular weight is 345 g/mol. The molecule has 1 unspecified atom stereocenters. The molecule has 1 aromatic heterocycles. The second-order valence-electron chi connectivity index (χ2n) is 5.10. The molecule has 1 aliphatic rings. The Morgan fingerprint density at radius 3 is 2.58 bits per heavy atom. The molecule has 3 nitrogen and oxygen atoms in total. The molecule has 1 fully saturated rings. The predicted octanol–water partition coefficient (Wildman–Crippen LogP) is 3.11. The standard InChI is InChI=1S/C14H21BrN2OS/c1-3-11(2)17-8-6-16(7-9-17)10-12(18)13-4-5-14(15)19-13/h4-5,11H,3,6-10H2,1-2H3. The molecule has 2 heterocycles. The zero-order chi connectivity index (χ0) is 13.8. The van der Waals surface area contributed by atoms with Gasteiger partial charge in [-0.25, -0.2) is 0 Å². The lowest BCUT2D eigenvalue weighted by molar-refractivity contribution is 0.0787. The maximum absolute atomic E-state index is 12.1. The second-order valence-corrected chi connectivity index (χ2v) is 7.56. The van der Waals surface area contributed by atoms with Crippen molar-refractivity contribution in [3.05, 3.63) is 20.8 Å². The molecule has 2 rings (SSSR count). The van der Waals surface area contributed by atoms with E-state index in [9.17, 15) is 4.79 Å². The van der Waals surface area contributed by atoms with Crippen LogP contribution in [-0.4, -0.2) is 54.3 Å². The molecule has 0 aromatic carbocycles. The van der Waals surface area contributed by atoms with Gasteiger partial charge < -0.3 is 0 Å². The van der Waals surface area contributed by atoms with Crippen molar-refractivity contribution in [1.29, 1.82) is 0 Å². The van der Waals surface area contributed by atoms with E-state index in [0.29, 0.717) is 12.6 Å². The highest BCUT2D eigenvalue weighted by Crippen LogP contribution is 2.22. The molecule has 0 amide bonds. The fraction of sp³-hybridized carbons (Fsp3) is 0.643. The van der Waals surface area contributed by atoms with Crippen molar-refractivity contribution in [3.63, 3.8) is 0 Å². The van der Waals surface area contributed by atoms with Gasteiger partial charge in [-0.3, -0.25) is 14.6 Å². The number of carbonyl (C=O) groups excluding carboxylic acids is 1. The number of hydrogen-bond donors (Lipinski definition) is 0. The molecule has 0 radical (unpaired) electrons. The number of halogens is 1. The van der Waals surface area contributed by atoms with Gasteiger partial charge in [0.15, 0.2) is 5.78 Å². The summed E-state index contributed by atoms with van der Waals surface area (Å²) in [7, 11) is 0. The third-order valence-electron chi connectivity index (χ3n) is 3.84. The minimum atomic E-state index is 0.243. The first-order valence-corrected chi connectivity index (χ1v) is 8.46. The van der Waals surface area contributed by atoms with Gasteiger partial charge in [0.2, 0.25) is 0 Å². The lowest BCUT2D eigenvalue weighted by Gasteiger charge is -2.37. The molecule has 5 heteroatoms. The highest BCUT2D eigenvalue weighted by molar-refractivity contribution is 9.11.